The van der Waals surface area contributed by atoms with E-state index in [0.717, 1.165) is 49.6 Å². The Morgan fingerprint density at radius 3 is 2.80 bits per heavy atom. The number of amides is 1. The number of carbonyl (C=O) groups excluding carboxylic acids is 1. The van der Waals surface area contributed by atoms with Crippen LogP contribution in [-0.4, -0.2) is 41.6 Å². The molecule has 0 spiro atoms. The lowest BCUT2D eigenvalue weighted by Gasteiger charge is -2.36. The number of fused-ring (bicyclic) bond motifs is 1. The van der Waals surface area contributed by atoms with E-state index in [-0.39, 0.29) is 36.4 Å². The molecule has 4 rings (SSSR count). The topological polar surface area (TPSA) is 81.6 Å². The first kappa shape index (κ1) is 18.7. The van der Waals surface area contributed by atoms with Crippen LogP contribution in [0.3, 0.4) is 0 Å². The predicted octanol–water partition coefficient (Wildman–Crippen LogP) is 2.39. The number of nitrogens with zero attached hydrogens (tertiary/aromatic N) is 2. The summed E-state index contributed by atoms with van der Waals surface area (Å²) in [5.74, 6) is 2.63. The second kappa shape index (κ2) is 7.64. The highest BCUT2D eigenvalue weighted by atomic mass is 35.5. The minimum absolute atomic E-state index is 0. The third kappa shape index (κ3) is 3.57. The molecule has 1 aromatic rings. The van der Waals surface area contributed by atoms with Gasteiger partial charge in [-0.1, -0.05) is 6.42 Å². The summed E-state index contributed by atoms with van der Waals surface area (Å²) in [6.45, 7) is 1.32. The molecule has 0 radical (unpaired) electrons. The average Bonchev–Trinajstić information content (AvgIpc) is 2.95. The lowest BCUT2D eigenvalue weighted by Crippen LogP contribution is -2.47. The van der Waals surface area contributed by atoms with Crippen molar-refractivity contribution < 1.29 is 13.9 Å². The zero-order chi connectivity index (χ0) is 16.7. The number of hydrogen-bond donors (Lipinski definition) is 1. The molecule has 3 aliphatic rings. The van der Waals surface area contributed by atoms with Crippen LogP contribution < -0.4 is 5.73 Å². The maximum Gasteiger partial charge on any atom is 0.226 e. The number of oxazole rings is 1. The molecule has 0 bridgehead atoms. The third-order valence-corrected chi connectivity index (χ3v) is 6.01. The van der Waals surface area contributed by atoms with Gasteiger partial charge in [-0.3, -0.25) is 4.79 Å². The van der Waals surface area contributed by atoms with Crippen molar-refractivity contribution in [2.75, 3.05) is 13.7 Å². The molecule has 0 aromatic carbocycles. The number of nitrogens with two attached hydrogens (primary N) is 1. The fourth-order valence-corrected chi connectivity index (χ4v) is 4.14. The van der Waals surface area contributed by atoms with E-state index in [4.69, 9.17) is 14.9 Å². The molecule has 2 saturated carbocycles. The molecule has 0 saturated heterocycles. The molecule has 25 heavy (non-hydrogen) atoms. The molecular weight excluding hydrogens is 342 g/mol. The van der Waals surface area contributed by atoms with Crippen LogP contribution in [0.5, 0.6) is 0 Å². The molecule has 1 aliphatic heterocycles. The Bertz CT molecular complexity index is 617. The van der Waals surface area contributed by atoms with Crippen molar-refractivity contribution in [3.05, 3.63) is 17.3 Å². The molecule has 2 aliphatic carbocycles. The first-order chi connectivity index (χ1) is 11.7. The van der Waals surface area contributed by atoms with E-state index in [2.05, 4.69) is 4.98 Å². The maximum atomic E-state index is 12.9. The molecular formula is C18H28ClN3O3. The van der Waals surface area contributed by atoms with Crippen molar-refractivity contribution in [3.8, 4) is 0 Å². The number of halogens is 1. The van der Waals surface area contributed by atoms with Gasteiger partial charge in [-0.2, -0.15) is 0 Å². The van der Waals surface area contributed by atoms with Gasteiger partial charge in [0.1, 0.15) is 11.5 Å². The summed E-state index contributed by atoms with van der Waals surface area (Å²) in [6, 6.07) is 0.0487. The second-order valence-electron chi connectivity index (χ2n) is 7.51. The fourth-order valence-electron chi connectivity index (χ4n) is 4.14. The summed E-state index contributed by atoms with van der Waals surface area (Å²) in [4.78, 5) is 19.5. The molecule has 7 heteroatoms. The number of rotatable bonds is 3. The van der Waals surface area contributed by atoms with Crippen molar-refractivity contribution in [2.45, 2.75) is 69.6 Å². The quantitative estimate of drug-likeness (QED) is 0.884. The Morgan fingerprint density at radius 2 is 2.12 bits per heavy atom. The zero-order valence-electron chi connectivity index (χ0n) is 14.8. The van der Waals surface area contributed by atoms with Crippen LogP contribution in [0.2, 0.25) is 0 Å². The highest BCUT2D eigenvalue weighted by Crippen LogP contribution is 2.37. The number of aromatic nitrogens is 1. The summed E-state index contributed by atoms with van der Waals surface area (Å²) in [5.41, 5.74) is 7.04. The molecule has 1 aromatic heterocycles. The van der Waals surface area contributed by atoms with Gasteiger partial charge in [0.15, 0.2) is 5.89 Å². The van der Waals surface area contributed by atoms with Gasteiger partial charge >= 0.3 is 0 Å². The van der Waals surface area contributed by atoms with Crippen LogP contribution in [0, 0.1) is 5.92 Å². The van der Waals surface area contributed by atoms with E-state index in [1.54, 1.807) is 7.11 Å². The van der Waals surface area contributed by atoms with Gasteiger partial charge < -0.3 is 19.8 Å². The summed E-state index contributed by atoms with van der Waals surface area (Å²) in [6.07, 6.45) is 6.84. The lowest BCUT2D eigenvalue weighted by molar-refractivity contribution is -0.139. The van der Waals surface area contributed by atoms with E-state index in [9.17, 15) is 4.79 Å². The van der Waals surface area contributed by atoms with Crippen LogP contribution in [0.4, 0.5) is 0 Å². The zero-order valence-corrected chi connectivity index (χ0v) is 15.6. The smallest absolute Gasteiger partial charge is 0.226 e. The van der Waals surface area contributed by atoms with Gasteiger partial charge in [-0.05, 0) is 32.1 Å². The largest absolute Gasteiger partial charge is 0.445 e. The first-order valence-corrected chi connectivity index (χ1v) is 9.21. The number of hydrogen-bond acceptors (Lipinski definition) is 5. The van der Waals surface area contributed by atoms with E-state index >= 15 is 0 Å². The summed E-state index contributed by atoms with van der Waals surface area (Å²) < 4.78 is 11.4. The highest BCUT2D eigenvalue weighted by Gasteiger charge is 2.36. The van der Waals surface area contributed by atoms with Crippen molar-refractivity contribution in [1.82, 2.24) is 9.88 Å². The van der Waals surface area contributed by atoms with Crippen molar-refractivity contribution in [1.29, 1.82) is 0 Å². The van der Waals surface area contributed by atoms with Gasteiger partial charge in [0.05, 0.1) is 12.6 Å². The minimum atomic E-state index is -0.00896. The first-order valence-electron chi connectivity index (χ1n) is 9.21. The van der Waals surface area contributed by atoms with Gasteiger partial charge in [0, 0.05) is 38.0 Å². The summed E-state index contributed by atoms with van der Waals surface area (Å²) in [7, 11) is 1.68. The molecule has 140 valence electrons. The standard InChI is InChI=1S/C18H27N3O3.ClH/c1-23-16-9-12(5-6-13(16)19)18(22)21-8-7-15-14(10-21)20-17(24-15)11-3-2-4-11;/h11-13,16H,2-10,19H2,1H3;1H/t12-,13+,16+;/m0./s1. The van der Waals surface area contributed by atoms with Gasteiger partial charge in [0.25, 0.3) is 0 Å². The predicted molar refractivity (Wildman–Crippen MR) is 95.6 cm³/mol. The van der Waals surface area contributed by atoms with Gasteiger partial charge in [0.2, 0.25) is 5.91 Å². The van der Waals surface area contributed by atoms with E-state index in [1.807, 2.05) is 4.90 Å². The second-order valence-corrected chi connectivity index (χ2v) is 7.51. The number of carbonyl (C=O) groups is 1. The van der Waals surface area contributed by atoms with Crippen LogP contribution in [-0.2, 0) is 22.5 Å². The van der Waals surface area contributed by atoms with Gasteiger partial charge in [-0.25, -0.2) is 4.98 Å². The third-order valence-electron chi connectivity index (χ3n) is 6.01. The Labute approximate surface area is 154 Å². The van der Waals surface area contributed by atoms with E-state index in [0.29, 0.717) is 12.5 Å². The Kier molecular flexibility index (Phi) is 5.71. The van der Waals surface area contributed by atoms with E-state index in [1.165, 1.54) is 19.3 Å². The maximum absolute atomic E-state index is 12.9. The summed E-state index contributed by atoms with van der Waals surface area (Å²) >= 11 is 0. The molecule has 3 atom stereocenters. The van der Waals surface area contributed by atoms with Crippen LogP contribution in [0.15, 0.2) is 4.42 Å². The molecule has 2 heterocycles. The van der Waals surface area contributed by atoms with E-state index < -0.39 is 0 Å². The SMILES string of the molecule is CO[C@@H]1C[C@@H](C(=O)N2CCc3oc(C4CCC4)nc3C2)CC[C@H]1N.Cl. The van der Waals surface area contributed by atoms with Crippen LogP contribution in [0.25, 0.3) is 0 Å². The monoisotopic (exact) mass is 369 g/mol. The van der Waals surface area contributed by atoms with Crippen molar-refractivity contribution >= 4 is 18.3 Å². The van der Waals surface area contributed by atoms with Crippen LogP contribution >= 0.6 is 12.4 Å². The molecule has 6 nitrogen and oxygen atoms in total. The van der Waals surface area contributed by atoms with Crippen molar-refractivity contribution in [2.24, 2.45) is 11.7 Å². The highest BCUT2D eigenvalue weighted by molar-refractivity contribution is 5.85. The van der Waals surface area contributed by atoms with Crippen LogP contribution in [0.1, 0.15) is 61.8 Å². The molecule has 2 fully saturated rings. The fraction of sp³-hybridized carbons (Fsp3) is 0.778. The number of ether oxygens (including phenoxy) is 1. The average molecular weight is 370 g/mol. The Balaban J connectivity index is 0.00000182. The molecule has 2 N–H and O–H groups in total. The van der Waals surface area contributed by atoms with Crippen molar-refractivity contribution in [3.63, 3.8) is 0 Å². The minimum Gasteiger partial charge on any atom is -0.445 e. The lowest BCUT2D eigenvalue weighted by atomic mass is 9.83. The van der Waals surface area contributed by atoms with Gasteiger partial charge in [-0.15, -0.1) is 12.4 Å². The number of methoxy groups -OCH3 is 1. The Morgan fingerprint density at radius 1 is 1.32 bits per heavy atom. The molecule has 0 unspecified atom stereocenters. The summed E-state index contributed by atoms with van der Waals surface area (Å²) in [5, 5.41) is 0. The Hall–Kier alpha value is -1.11. The molecule has 1 amide bonds. The normalized spacial score (nSPS) is 29.5.